The molecule has 6 nitrogen and oxygen atoms in total. The van der Waals surface area contributed by atoms with Gasteiger partial charge in [0.05, 0.1) is 17.1 Å². The third-order valence-electron chi connectivity index (χ3n) is 8.64. The Bertz CT molecular complexity index is 760. The summed E-state index contributed by atoms with van der Waals surface area (Å²) in [6, 6.07) is 0. The first-order valence-corrected chi connectivity index (χ1v) is 10.2. The number of carbonyl (C=O) groups is 2. The largest absolute Gasteiger partial charge is 0.509 e. The van der Waals surface area contributed by atoms with Gasteiger partial charge in [-0.3, -0.25) is 4.79 Å². The third kappa shape index (κ3) is 1.96. The van der Waals surface area contributed by atoms with Gasteiger partial charge in [0.1, 0.15) is 11.7 Å². The van der Waals surface area contributed by atoms with Gasteiger partial charge in [0.25, 0.3) is 0 Å². The molecular formula is C22H32O6. The number of aliphatic hydroxyl groups excluding tert-OH is 1. The van der Waals surface area contributed by atoms with Crippen LogP contribution in [0.1, 0.15) is 60.8 Å². The van der Waals surface area contributed by atoms with Crippen molar-refractivity contribution in [3.8, 4) is 0 Å². The zero-order valence-corrected chi connectivity index (χ0v) is 17.7. The molecule has 0 amide bonds. The maximum Gasteiger partial charge on any atom is 0.509 e. The van der Waals surface area contributed by atoms with E-state index >= 15 is 0 Å². The molecule has 2 saturated heterocycles. The van der Waals surface area contributed by atoms with Crippen molar-refractivity contribution < 1.29 is 28.9 Å². The highest BCUT2D eigenvalue weighted by molar-refractivity contribution is 5.94. The second kappa shape index (κ2) is 5.39. The van der Waals surface area contributed by atoms with Gasteiger partial charge >= 0.3 is 6.16 Å². The van der Waals surface area contributed by atoms with Gasteiger partial charge in [-0.1, -0.05) is 33.8 Å². The van der Waals surface area contributed by atoms with Crippen LogP contribution in [0.15, 0.2) is 12.7 Å². The van der Waals surface area contributed by atoms with Crippen molar-refractivity contribution in [1.82, 2.24) is 0 Å². The molecular weight excluding hydrogens is 360 g/mol. The Hall–Kier alpha value is -1.40. The molecule has 2 saturated carbocycles. The van der Waals surface area contributed by atoms with E-state index < -0.39 is 46.5 Å². The third-order valence-corrected chi connectivity index (χ3v) is 8.64. The number of ketones is 1. The summed E-state index contributed by atoms with van der Waals surface area (Å²) < 4.78 is 18.1. The van der Waals surface area contributed by atoms with Crippen LogP contribution in [0.5, 0.6) is 0 Å². The van der Waals surface area contributed by atoms with Crippen molar-refractivity contribution in [3.05, 3.63) is 12.7 Å². The standard InChI is InChI=1S/C22H32O6/c1-8-19(5)11-13(23)22-20(6)14(26-17(25)27-22)9-10-18(3,4)16(20)15(24)12(2)21(22,7)28-19/h8,12,14-16,24H,1,9-11H2,2-7H3/t12-,14-,15+,16-,19-,20-,21+,22-/m0/s1. The number of aliphatic hydroxyl groups is 1. The fraction of sp³-hybridized carbons (Fsp3) is 0.818. The molecule has 28 heavy (non-hydrogen) atoms. The summed E-state index contributed by atoms with van der Waals surface area (Å²) in [5, 5.41) is 11.5. The fourth-order valence-electron chi connectivity index (χ4n) is 7.24. The molecule has 1 spiro atoms. The summed E-state index contributed by atoms with van der Waals surface area (Å²) in [7, 11) is 0. The van der Waals surface area contributed by atoms with Crippen LogP contribution in [0.25, 0.3) is 0 Å². The lowest BCUT2D eigenvalue weighted by atomic mass is 9.38. The quantitative estimate of drug-likeness (QED) is 0.544. The summed E-state index contributed by atoms with van der Waals surface area (Å²) >= 11 is 0. The second-order valence-electron chi connectivity index (χ2n) is 10.5. The van der Waals surface area contributed by atoms with Crippen LogP contribution < -0.4 is 0 Å². The van der Waals surface area contributed by atoms with Crippen LogP contribution in [-0.4, -0.2) is 46.1 Å². The SMILES string of the molecule is C=C[C@@]1(C)CC(=O)[C@@]23OC(=O)O[C@H]4CCC(C)(C)[C@H]([C@H](O)[C@H](C)[C@@]2(C)O1)[C@]43C. The van der Waals surface area contributed by atoms with Crippen LogP contribution in [0, 0.1) is 22.7 Å². The number of hydrogen-bond donors (Lipinski definition) is 1. The van der Waals surface area contributed by atoms with E-state index in [0.717, 1.165) is 6.42 Å². The summed E-state index contributed by atoms with van der Waals surface area (Å²) in [6.07, 6.45) is 1.05. The van der Waals surface area contributed by atoms with Crippen molar-refractivity contribution in [2.24, 2.45) is 22.7 Å². The van der Waals surface area contributed by atoms with Gasteiger partial charge in [0.2, 0.25) is 5.60 Å². The molecule has 2 aliphatic carbocycles. The van der Waals surface area contributed by atoms with E-state index in [4.69, 9.17) is 14.2 Å². The molecule has 2 aliphatic heterocycles. The monoisotopic (exact) mass is 392 g/mol. The lowest BCUT2D eigenvalue weighted by Gasteiger charge is -2.73. The van der Waals surface area contributed by atoms with E-state index in [-0.39, 0.29) is 23.5 Å². The van der Waals surface area contributed by atoms with Crippen LogP contribution in [0.2, 0.25) is 0 Å². The Balaban J connectivity index is 2.03. The summed E-state index contributed by atoms with van der Waals surface area (Å²) in [5.41, 5.74) is -4.76. The van der Waals surface area contributed by atoms with Gasteiger partial charge in [0, 0.05) is 18.3 Å². The number of Topliss-reactive ketones (excluding diaryl/α,β-unsaturated/α-hetero) is 1. The Morgan fingerprint density at radius 3 is 2.43 bits per heavy atom. The molecule has 0 aromatic heterocycles. The molecule has 4 rings (SSSR count). The lowest BCUT2D eigenvalue weighted by molar-refractivity contribution is -0.376. The molecule has 0 bridgehead atoms. The Labute approximate surface area is 166 Å². The highest BCUT2D eigenvalue weighted by Gasteiger charge is 2.84. The summed E-state index contributed by atoms with van der Waals surface area (Å²) in [5.74, 6) is -0.886. The van der Waals surface area contributed by atoms with Gasteiger partial charge in [-0.2, -0.15) is 0 Å². The predicted octanol–water partition coefficient (Wildman–Crippen LogP) is 3.41. The van der Waals surface area contributed by atoms with E-state index in [1.807, 2.05) is 20.8 Å². The Morgan fingerprint density at radius 1 is 1.18 bits per heavy atom. The lowest BCUT2D eigenvalue weighted by Crippen LogP contribution is -2.87. The maximum atomic E-state index is 13.9. The van der Waals surface area contributed by atoms with Gasteiger partial charge in [-0.05, 0) is 32.1 Å². The molecule has 0 aromatic rings. The average Bonchev–Trinajstić information content (AvgIpc) is 2.58. The second-order valence-corrected chi connectivity index (χ2v) is 10.5. The Kier molecular flexibility index (Phi) is 3.83. The number of rotatable bonds is 1. The van der Waals surface area contributed by atoms with Crippen LogP contribution in [0.3, 0.4) is 0 Å². The first kappa shape index (κ1) is 19.9. The zero-order chi connectivity index (χ0) is 20.9. The Morgan fingerprint density at radius 2 is 1.82 bits per heavy atom. The minimum atomic E-state index is -1.51. The molecule has 4 aliphatic rings. The van der Waals surface area contributed by atoms with Crippen LogP contribution in [0.4, 0.5) is 4.79 Å². The number of carbonyl (C=O) groups excluding carboxylic acids is 2. The van der Waals surface area contributed by atoms with E-state index in [1.165, 1.54) is 0 Å². The van der Waals surface area contributed by atoms with Gasteiger partial charge in [-0.15, -0.1) is 6.58 Å². The molecule has 6 heteroatoms. The smallest absolute Gasteiger partial charge is 0.430 e. The first-order valence-electron chi connectivity index (χ1n) is 10.2. The van der Waals surface area contributed by atoms with E-state index in [9.17, 15) is 14.7 Å². The molecule has 2 heterocycles. The number of ether oxygens (including phenoxy) is 3. The van der Waals surface area contributed by atoms with Gasteiger partial charge < -0.3 is 19.3 Å². The predicted molar refractivity (Wildman–Crippen MR) is 102 cm³/mol. The van der Waals surface area contributed by atoms with E-state index in [2.05, 4.69) is 20.4 Å². The van der Waals surface area contributed by atoms with Crippen molar-refractivity contribution in [1.29, 1.82) is 0 Å². The minimum Gasteiger partial charge on any atom is -0.430 e. The van der Waals surface area contributed by atoms with E-state index in [1.54, 1.807) is 13.0 Å². The fourth-order valence-corrected chi connectivity index (χ4v) is 7.24. The summed E-state index contributed by atoms with van der Waals surface area (Å²) in [6.45, 7) is 15.5. The normalized spacial score (nSPS) is 54.7. The van der Waals surface area contributed by atoms with E-state index in [0.29, 0.717) is 6.42 Å². The van der Waals surface area contributed by atoms with Crippen molar-refractivity contribution in [3.63, 3.8) is 0 Å². The maximum absolute atomic E-state index is 13.9. The highest BCUT2D eigenvalue weighted by Crippen LogP contribution is 2.70. The number of hydrogen-bond acceptors (Lipinski definition) is 6. The molecule has 1 N–H and O–H groups in total. The molecule has 4 fully saturated rings. The van der Waals surface area contributed by atoms with Crippen LogP contribution >= 0.6 is 0 Å². The van der Waals surface area contributed by atoms with Crippen LogP contribution in [-0.2, 0) is 19.0 Å². The minimum absolute atomic E-state index is 0.0671. The summed E-state index contributed by atoms with van der Waals surface area (Å²) in [4.78, 5) is 26.4. The highest BCUT2D eigenvalue weighted by atomic mass is 16.8. The topological polar surface area (TPSA) is 82.1 Å². The molecule has 0 unspecified atom stereocenters. The molecule has 0 radical (unpaired) electrons. The first-order chi connectivity index (χ1) is 12.8. The molecule has 0 aromatic carbocycles. The zero-order valence-electron chi connectivity index (χ0n) is 17.7. The average molecular weight is 392 g/mol. The van der Waals surface area contributed by atoms with Crippen molar-refractivity contribution in [2.75, 3.05) is 0 Å². The molecule has 8 atom stereocenters. The van der Waals surface area contributed by atoms with Gasteiger partial charge in [0.15, 0.2) is 5.78 Å². The molecule has 156 valence electrons. The van der Waals surface area contributed by atoms with Gasteiger partial charge in [-0.25, -0.2) is 4.79 Å². The van der Waals surface area contributed by atoms with Crippen molar-refractivity contribution >= 4 is 11.9 Å². The van der Waals surface area contributed by atoms with Crippen molar-refractivity contribution in [2.45, 2.75) is 89.8 Å².